The zero-order valence-corrected chi connectivity index (χ0v) is 10.8. The summed E-state index contributed by atoms with van der Waals surface area (Å²) in [5, 5.41) is 6.47. The molecule has 0 aliphatic carbocycles. The van der Waals surface area contributed by atoms with Gasteiger partial charge in [-0.25, -0.2) is 0 Å². The Balaban J connectivity index is 1.75. The number of hydrogen-bond donors (Lipinski definition) is 1. The summed E-state index contributed by atoms with van der Waals surface area (Å²) in [6.07, 6.45) is 3.22. The van der Waals surface area contributed by atoms with E-state index in [0.29, 0.717) is 5.56 Å². The summed E-state index contributed by atoms with van der Waals surface area (Å²) in [5.41, 5.74) is 0.637. The van der Waals surface area contributed by atoms with Crippen LogP contribution in [0.4, 0.5) is 0 Å². The average molecular weight is 252 g/mol. The largest absolute Gasteiger partial charge is 0.380 e. The van der Waals surface area contributed by atoms with Gasteiger partial charge in [0.1, 0.15) is 0 Å². The highest BCUT2D eigenvalue weighted by Crippen LogP contribution is 2.07. The fourth-order valence-electron chi connectivity index (χ4n) is 2.06. The highest BCUT2D eigenvalue weighted by molar-refractivity contribution is 5.93. The Kier molecular flexibility index (Phi) is 4.72. The first kappa shape index (κ1) is 13.0. The minimum absolute atomic E-state index is 0.0632. The summed E-state index contributed by atoms with van der Waals surface area (Å²) >= 11 is 0. The zero-order valence-electron chi connectivity index (χ0n) is 10.8. The number of piperazine rings is 1. The molecular weight excluding hydrogens is 232 g/mol. The molecule has 1 fully saturated rings. The maximum Gasteiger partial charge on any atom is 0.257 e. The molecule has 6 heteroatoms. The number of aromatic amines is 1. The van der Waals surface area contributed by atoms with Crippen molar-refractivity contribution in [3.8, 4) is 0 Å². The maximum absolute atomic E-state index is 12.1. The second kappa shape index (κ2) is 6.51. The molecule has 0 spiro atoms. The van der Waals surface area contributed by atoms with Crippen LogP contribution in [0.2, 0.25) is 0 Å². The van der Waals surface area contributed by atoms with Crippen molar-refractivity contribution >= 4 is 5.91 Å². The standard InChI is InChI=1S/C12H20N4O2/c1-2-18-8-7-15-3-5-16(6-4-15)12(17)11-9-13-14-10-11/h9-10H,2-8H2,1H3,(H,13,14). The van der Waals surface area contributed by atoms with Gasteiger partial charge in [-0.05, 0) is 6.92 Å². The summed E-state index contributed by atoms with van der Waals surface area (Å²) in [5.74, 6) is 0.0632. The smallest absolute Gasteiger partial charge is 0.257 e. The van der Waals surface area contributed by atoms with E-state index in [1.165, 1.54) is 0 Å². The summed E-state index contributed by atoms with van der Waals surface area (Å²) < 4.78 is 5.33. The van der Waals surface area contributed by atoms with Crippen molar-refractivity contribution in [2.45, 2.75) is 6.92 Å². The molecule has 0 bridgehead atoms. The number of carbonyl (C=O) groups is 1. The van der Waals surface area contributed by atoms with Crippen LogP contribution in [0.5, 0.6) is 0 Å². The molecule has 0 atom stereocenters. The predicted molar refractivity (Wildman–Crippen MR) is 67.4 cm³/mol. The minimum atomic E-state index is 0.0632. The number of carbonyl (C=O) groups excluding carboxylic acids is 1. The lowest BCUT2D eigenvalue weighted by Gasteiger charge is -2.34. The first-order valence-corrected chi connectivity index (χ1v) is 6.39. The van der Waals surface area contributed by atoms with Crippen molar-refractivity contribution in [3.05, 3.63) is 18.0 Å². The molecule has 1 aromatic rings. The van der Waals surface area contributed by atoms with E-state index in [1.54, 1.807) is 12.4 Å². The van der Waals surface area contributed by atoms with Crippen LogP contribution in [-0.2, 0) is 4.74 Å². The van der Waals surface area contributed by atoms with Crippen LogP contribution in [0.25, 0.3) is 0 Å². The number of nitrogens with zero attached hydrogens (tertiary/aromatic N) is 3. The lowest BCUT2D eigenvalue weighted by atomic mass is 10.2. The number of ether oxygens (including phenoxy) is 1. The third kappa shape index (κ3) is 3.30. The molecule has 100 valence electrons. The third-order valence-electron chi connectivity index (χ3n) is 3.16. The molecule has 1 N–H and O–H groups in total. The van der Waals surface area contributed by atoms with Crippen molar-refractivity contribution in [1.82, 2.24) is 20.0 Å². The molecule has 1 aliphatic heterocycles. The topological polar surface area (TPSA) is 61.5 Å². The molecule has 0 radical (unpaired) electrons. The predicted octanol–water partition coefficient (Wildman–Crippen LogP) is 0.204. The van der Waals surface area contributed by atoms with E-state index in [4.69, 9.17) is 4.74 Å². The van der Waals surface area contributed by atoms with Gasteiger partial charge in [-0.15, -0.1) is 0 Å². The summed E-state index contributed by atoms with van der Waals surface area (Å²) in [4.78, 5) is 16.3. The monoisotopic (exact) mass is 252 g/mol. The van der Waals surface area contributed by atoms with E-state index in [9.17, 15) is 4.79 Å². The van der Waals surface area contributed by atoms with E-state index < -0.39 is 0 Å². The first-order valence-electron chi connectivity index (χ1n) is 6.39. The van der Waals surface area contributed by atoms with Crippen molar-refractivity contribution in [1.29, 1.82) is 0 Å². The molecule has 1 aliphatic rings. The van der Waals surface area contributed by atoms with Crippen LogP contribution >= 0.6 is 0 Å². The summed E-state index contributed by atoms with van der Waals surface area (Å²) in [6.45, 7) is 7.85. The van der Waals surface area contributed by atoms with Crippen molar-refractivity contribution in [3.63, 3.8) is 0 Å². The van der Waals surface area contributed by atoms with Gasteiger partial charge in [0.25, 0.3) is 5.91 Å². The van der Waals surface area contributed by atoms with Crippen LogP contribution in [0.15, 0.2) is 12.4 Å². The van der Waals surface area contributed by atoms with Gasteiger partial charge in [0, 0.05) is 45.5 Å². The number of amides is 1. The quantitative estimate of drug-likeness (QED) is 0.761. The van der Waals surface area contributed by atoms with Crippen LogP contribution in [-0.4, -0.2) is 71.8 Å². The molecule has 18 heavy (non-hydrogen) atoms. The molecule has 1 aromatic heterocycles. The van der Waals surface area contributed by atoms with Gasteiger partial charge in [-0.1, -0.05) is 0 Å². The van der Waals surface area contributed by atoms with Crippen molar-refractivity contribution in [2.24, 2.45) is 0 Å². The Bertz CT molecular complexity index is 358. The van der Waals surface area contributed by atoms with Gasteiger partial charge in [-0.2, -0.15) is 5.10 Å². The number of nitrogens with one attached hydrogen (secondary N) is 1. The molecule has 2 heterocycles. The van der Waals surface area contributed by atoms with E-state index >= 15 is 0 Å². The van der Waals surface area contributed by atoms with Gasteiger partial charge in [0.15, 0.2) is 0 Å². The third-order valence-corrected chi connectivity index (χ3v) is 3.16. The van der Waals surface area contributed by atoms with E-state index in [-0.39, 0.29) is 5.91 Å². The Morgan fingerprint density at radius 3 is 2.83 bits per heavy atom. The second-order valence-electron chi connectivity index (χ2n) is 4.32. The molecule has 0 unspecified atom stereocenters. The molecule has 1 amide bonds. The minimum Gasteiger partial charge on any atom is -0.380 e. The molecule has 1 saturated heterocycles. The molecular formula is C12H20N4O2. The average Bonchev–Trinajstić information content (AvgIpc) is 2.93. The highest BCUT2D eigenvalue weighted by Gasteiger charge is 2.22. The lowest BCUT2D eigenvalue weighted by molar-refractivity contribution is 0.0565. The normalized spacial score (nSPS) is 17.1. The SMILES string of the molecule is CCOCCN1CCN(C(=O)c2cn[nH]c2)CC1. The van der Waals surface area contributed by atoms with E-state index in [2.05, 4.69) is 15.1 Å². The van der Waals surface area contributed by atoms with Crippen molar-refractivity contribution in [2.75, 3.05) is 45.9 Å². The van der Waals surface area contributed by atoms with Crippen LogP contribution in [0, 0.1) is 0 Å². The van der Waals surface area contributed by atoms with Gasteiger partial charge in [-0.3, -0.25) is 14.8 Å². The van der Waals surface area contributed by atoms with Gasteiger partial charge >= 0.3 is 0 Å². The maximum atomic E-state index is 12.1. The summed E-state index contributed by atoms with van der Waals surface area (Å²) in [6, 6.07) is 0. The summed E-state index contributed by atoms with van der Waals surface area (Å²) in [7, 11) is 0. The Morgan fingerprint density at radius 2 is 2.22 bits per heavy atom. The number of H-pyrrole nitrogens is 1. The molecule has 6 nitrogen and oxygen atoms in total. The molecule has 0 aromatic carbocycles. The van der Waals surface area contributed by atoms with E-state index in [1.807, 2.05) is 11.8 Å². The highest BCUT2D eigenvalue weighted by atomic mass is 16.5. The fourth-order valence-corrected chi connectivity index (χ4v) is 2.06. The second-order valence-corrected chi connectivity index (χ2v) is 4.32. The van der Waals surface area contributed by atoms with Crippen LogP contribution in [0.3, 0.4) is 0 Å². The van der Waals surface area contributed by atoms with Gasteiger partial charge in [0.05, 0.1) is 18.4 Å². The zero-order chi connectivity index (χ0) is 12.8. The molecule has 2 rings (SSSR count). The Labute approximate surface area is 107 Å². The van der Waals surface area contributed by atoms with Crippen LogP contribution in [0.1, 0.15) is 17.3 Å². The number of aromatic nitrogens is 2. The van der Waals surface area contributed by atoms with E-state index in [0.717, 1.165) is 45.9 Å². The van der Waals surface area contributed by atoms with Crippen LogP contribution < -0.4 is 0 Å². The van der Waals surface area contributed by atoms with Crippen molar-refractivity contribution < 1.29 is 9.53 Å². The number of hydrogen-bond acceptors (Lipinski definition) is 4. The first-order chi connectivity index (χ1) is 8.81. The molecule has 0 saturated carbocycles. The lowest BCUT2D eigenvalue weighted by Crippen LogP contribution is -2.49. The Morgan fingerprint density at radius 1 is 1.44 bits per heavy atom. The number of rotatable bonds is 5. The van der Waals surface area contributed by atoms with Gasteiger partial charge < -0.3 is 9.64 Å². The Hall–Kier alpha value is -1.40. The fraction of sp³-hybridized carbons (Fsp3) is 0.667. The van der Waals surface area contributed by atoms with Gasteiger partial charge in [0.2, 0.25) is 0 Å².